The lowest BCUT2D eigenvalue weighted by Crippen LogP contribution is -2.37. The Labute approximate surface area is 147 Å². The zero-order chi connectivity index (χ0) is 18.1. The van der Waals surface area contributed by atoms with Crippen LogP contribution < -0.4 is 16.0 Å². The maximum absolute atomic E-state index is 12.1. The predicted octanol–water partition coefficient (Wildman–Crippen LogP) is 0.527. The van der Waals surface area contributed by atoms with E-state index < -0.39 is 17.4 Å². The second kappa shape index (κ2) is 6.73. The molecule has 0 radical (unpaired) electrons. The van der Waals surface area contributed by atoms with Crippen molar-refractivity contribution in [3.63, 3.8) is 0 Å². The minimum absolute atomic E-state index is 0.0418. The molecule has 25 heavy (non-hydrogen) atoms. The van der Waals surface area contributed by atoms with Crippen molar-refractivity contribution in [2.75, 3.05) is 6.61 Å². The standard InChI is InChI=1S/C16H17ClN4O4/c1-19-14-13(15(23)20(2)16(19)24)18-9-21(14)7-11(22)8-25-12-5-3-10(17)4-6-12/h3-6,9,11,22H,7-8H2,1-2H3. The Hall–Kier alpha value is -2.58. The van der Waals surface area contributed by atoms with Crippen molar-refractivity contribution in [3.8, 4) is 5.75 Å². The van der Waals surface area contributed by atoms with Gasteiger partial charge in [-0.05, 0) is 24.3 Å². The molecular weight excluding hydrogens is 348 g/mol. The van der Waals surface area contributed by atoms with E-state index in [1.165, 1.54) is 17.9 Å². The number of imidazole rings is 1. The summed E-state index contributed by atoms with van der Waals surface area (Å²) in [6.07, 6.45) is 0.573. The first-order valence-corrected chi connectivity index (χ1v) is 7.93. The summed E-state index contributed by atoms with van der Waals surface area (Å²) in [6, 6.07) is 6.79. The number of hydrogen-bond acceptors (Lipinski definition) is 5. The molecular formula is C16H17ClN4O4. The molecule has 0 saturated carbocycles. The van der Waals surface area contributed by atoms with Crippen molar-refractivity contribution >= 4 is 22.8 Å². The number of rotatable bonds is 5. The van der Waals surface area contributed by atoms with Gasteiger partial charge in [-0.2, -0.15) is 0 Å². The van der Waals surface area contributed by atoms with Gasteiger partial charge in [0.15, 0.2) is 5.52 Å². The third-order valence-electron chi connectivity index (χ3n) is 3.87. The quantitative estimate of drug-likeness (QED) is 0.713. The van der Waals surface area contributed by atoms with Crippen molar-refractivity contribution in [1.82, 2.24) is 18.7 Å². The number of aryl methyl sites for hydroxylation is 1. The number of ether oxygens (including phenoxy) is 1. The summed E-state index contributed by atoms with van der Waals surface area (Å²) in [4.78, 5) is 28.2. The van der Waals surface area contributed by atoms with E-state index in [0.29, 0.717) is 16.4 Å². The zero-order valence-electron chi connectivity index (χ0n) is 13.7. The largest absolute Gasteiger partial charge is 0.491 e. The first-order valence-electron chi connectivity index (χ1n) is 7.55. The smallest absolute Gasteiger partial charge is 0.332 e. The fourth-order valence-electron chi connectivity index (χ4n) is 2.58. The fourth-order valence-corrected chi connectivity index (χ4v) is 2.70. The van der Waals surface area contributed by atoms with E-state index in [-0.39, 0.29) is 18.7 Å². The molecule has 132 valence electrons. The van der Waals surface area contributed by atoms with Crippen LogP contribution in [0.25, 0.3) is 11.2 Å². The summed E-state index contributed by atoms with van der Waals surface area (Å²) in [5.41, 5.74) is -0.385. The predicted molar refractivity (Wildman–Crippen MR) is 93.2 cm³/mol. The molecule has 1 unspecified atom stereocenters. The average Bonchev–Trinajstić information content (AvgIpc) is 3.01. The van der Waals surface area contributed by atoms with Crippen LogP contribution in [0.3, 0.4) is 0 Å². The van der Waals surface area contributed by atoms with Crippen LogP contribution in [0, 0.1) is 0 Å². The maximum atomic E-state index is 12.1. The molecule has 0 saturated heterocycles. The lowest BCUT2D eigenvalue weighted by molar-refractivity contribution is 0.0931. The minimum Gasteiger partial charge on any atom is -0.491 e. The molecule has 0 aliphatic heterocycles. The van der Waals surface area contributed by atoms with Crippen molar-refractivity contribution in [2.45, 2.75) is 12.6 Å². The summed E-state index contributed by atoms with van der Waals surface area (Å²) >= 11 is 5.81. The van der Waals surface area contributed by atoms with Crippen LogP contribution in [0.5, 0.6) is 5.75 Å². The molecule has 1 aromatic carbocycles. The van der Waals surface area contributed by atoms with E-state index in [4.69, 9.17) is 16.3 Å². The number of nitrogens with zero attached hydrogens (tertiary/aromatic N) is 4. The van der Waals surface area contributed by atoms with Gasteiger partial charge >= 0.3 is 5.69 Å². The van der Waals surface area contributed by atoms with Gasteiger partial charge in [-0.25, -0.2) is 9.78 Å². The number of aromatic nitrogens is 4. The highest BCUT2D eigenvalue weighted by molar-refractivity contribution is 6.30. The zero-order valence-corrected chi connectivity index (χ0v) is 14.5. The van der Waals surface area contributed by atoms with Crippen molar-refractivity contribution in [2.24, 2.45) is 14.1 Å². The van der Waals surface area contributed by atoms with Crippen LogP contribution in [0.15, 0.2) is 40.2 Å². The third-order valence-corrected chi connectivity index (χ3v) is 4.12. The molecule has 0 amide bonds. The molecule has 0 aliphatic rings. The lowest BCUT2D eigenvalue weighted by atomic mass is 10.3. The Balaban J connectivity index is 1.80. The number of fused-ring (bicyclic) bond motifs is 1. The van der Waals surface area contributed by atoms with Gasteiger partial charge in [0.25, 0.3) is 5.56 Å². The van der Waals surface area contributed by atoms with Gasteiger partial charge in [-0.3, -0.25) is 13.9 Å². The average molecular weight is 365 g/mol. The first-order chi connectivity index (χ1) is 11.9. The SMILES string of the molecule is Cn1c(=O)c2ncn(CC(O)COc3ccc(Cl)cc3)c2n(C)c1=O. The lowest BCUT2D eigenvalue weighted by Gasteiger charge is -2.14. The van der Waals surface area contributed by atoms with E-state index >= 15 is 0 Å². The molecule has 9 heteroatoms. The monoisotopic (exact) mass is 364 g/mol. The number of aliphatic hydroxyl groups excluding tert-OH is 1. The summed E-state index contributed by atoms with van der Waals surface area (Å²) < 4.78 is 9.40. The Morgan fingerprint density at radius 3 is 2.56 bits per heavy atom. The second-order valence-corrected chi connectivity index (χ2v) is 6.13. The van der Waals surface area contributed by atoms with Crippen LogP contribution in [0.4, 0.5) is 0 Å². The molecule has 2 aromatic heterocycles. The highest BCUT2D eigenvalue weighted by Gasteiger charge is 2.16. The van der Waals surface area contributed by atoms with Crippen LogP contribution in [-0.2, 0) is 20.6 Å². The van der Waals surface area contributed by atoms with E-state index in [9.17, 15) is 14.7 Å². The van der Waals surface area contributed by atoms with E-state index in [1.807, 2.05) is 0 Å². The first kappa shape index (κ1) is 17.2. The molecule has 3 aromatic rings. The number of hydrogen-bond donors (Lipinski definition) is 1. The molecule has 1 atom stereocenters. The van der Waals surface area contributed by atoms with E-state index in [1.54, 1.807) is 35.9 Å². The van der Waals surface area contributed by atoms with Crippen molar-refractivity contribution < 1.29 is 9.84 Å². The molecule has 8 nitrogen and oxygen atoms in total. The van der Waals surface area contributed by atoms with Gasteiger partial charge in [-0.1, -0.05) is 11.6 Å². The Bertz CT molecular complexity index is 1020. The third kappa shape index (κ3) is 3.31. The van der Waals surface area contributed by atoms with Crippen LogP contribution in [-0.4, -0.2) is 36.5 Å². The summed E-state index contributed by atoms with van der Waals surface area (Å²) in [6.45, 7) is 0.171. The summed E-state index contributed by atoms with van der Waals surface area (Å²) in [7, 11) is 2.96. The topological polar surface area (TPSA) is 91.3 Å². The molecule has 0 bridgehead atoms. The van der Waals surface area contributed by atoms with E-state index in [2.05, 4.69) is 4.98 Å². The molecule has 0 spiro atoms. The highest BCUT2D eigenvalue weighted by atomic mass is 35.5. The maximum Gasteiger partial charge on any atom is 0.332 e. The summed E-state index contributed by atoms with van der Waals surface area (Å²) in [5.74, 6) is 0.584. The highest BCUT2D eigenvalue weighted by Crippen LogP contribution is 2.16. The van der Waals surface area contributed by atoms with Crippen molar-refractivity contribution in [1.29, 1.82) is 0 Å². The van der Waals surface area contributed by atoms with Crippen LogP contribution in [0.1, 0.15) is 0 Å². The molecule has 0 aliphatic carbocycles. The normalized spacial score (nSPS) is 12.5. The van der Waals surface area contributed by atoms with Gasteiger partial charge in [-0.15, -0.1) is 0 Å². The Morgan fingerprint density at radius 1 is 1.20 bits per heavy atom. The van der Waals surface area contributed by atoms with Gasteiger partial charge in [0.2, 0.25) is 0 Å². The number of benzene rings is 1. The summed E-state index contributed by atoms with van der Waals surface area (Å²) in [5, 5.41) is 10.8. The Kier molecular flexibility index (Phi) is 4.65. The minimum atomic E-state index is -0.854. The fraction of sp³-hybridized carbons (Fsp3) is 0.312. The number of halogens is 1. The van der Waals surface area contributed by atoms with Crippen molar-refractivity contribution in [3.05, 3.63) is 56.5 Å². The van der Waals surface area contributed by atoms with Gasteiger partial charge < -0.3 is 14.4 Å². The number of aliphatic hydroxyl groups is 1. The molecule has 2 heterocycles. The van der Waals surface area contributed by atoms with E-state index in [0.717, 1.165) is 4.57 Å². The van der Waals surface area contributed by atoms with Crippen LogP contribution >= 0.6 is 11.6 Å². The van der Waals surface area contributed by atoms with Gasteiger partial charge in [0, 0.05) is 19.1 Å². The van der Waals surface area contributed by atoms with Crippen LogP contribution in [0.2, 0.25) is 5.02 Å². The second-order valence-electron chi connectivity index (χ2n) is 5.69. The van der Waals surface area contributed by atoms with Gasteiger partial charge in [0.05, 0.1) is 12.9 Å². The van der Waals surface area contributed by atoms with Gasteiger partial charge in [0.1, 0.15) is 24.1 Å². The molecule has 3 rings (SSSR count). The molecule has 0 fully saturated rings. The molecule has 1 N–H and O–H groups in total. The Morgan fingerprint density at radius 2 is 1.88 bits per heavy atom.